The summed E-state index contributed by atoms with van der Waals surface area (Å²) in [5, 5.41) is 0. The Labute approximate surface area is 92.4 Å². The van der Waals surface area contributed by atoms with E-state index in [-0.39, 0.29) is 5.97 Å². The topological polar surface area (TPSA) is 26.3 Å². The predicted molar refractivity (Wildman–Crippen MR) is 59.5 cm³/mol. The zero-order valence-electron chi connectivity index (χ0n) is 8.50. The summed E-state index contributed by atoms with van der Waals surface area (Å²) in [4.78, 5) is 10.8. The van der Waals surface area contributed by atoms with Crippen LogP contribution >= 0.6 is 15.9 Å². The zero-order valence-corrected chi connectivity index (χ0v) is 10.1. The fourth-order valence-corrected chi connectivity index (χ4v) is 1.60. The molecule has 14 heavy (non-hydrogen) atoms. The molecule has 2 nitrogen and oxygen atoms in total. The molecule has 0 amide bonds. The average molecular weight is 257 g/mol. The van der Waals surface area contributed by atoms with Crippen molar-refractivity contribution < 1.29 is 9.53 Å². The number of ether oxygens (including phenoxy) is 1. The van der Waals surface area contributed by atoms with Crippen LogP contribution < -0.4 is 4.74 Å². The van der Waals surface area contributed by atoms with Gasteiger partial charge in [-0.15, -0.1) is 0 Å². The van der Waals surface area contributed by atoms with E-state index in [1.54, 1.807) is 6.07 Å². The van der Waals surface area contributed by atoms with E-state index in [0.29, 0.717) is 11.7 Å². The molecule has 0 heterocycles. The minimum absolute atomic E-state index is 0.283. The van der Waals surface area contributed by atoms with Crippen LogP contribution in [0.25, 0.3) is 0 Å². The highest BCUT2D eigenvalue weighted by Crippen LogP contribution is 2.29. The molecule has 0 aromatic heterocycles. The molecule has 3 heteroatoms. The molecule has 0 unspecified atom stereocenters. The van der Waals surface area contributed by atoms with E-state index in [2.05, 4.69) is 29.8 Å². The molecule has 0 radical (unpaired) electrons. The van der Waals surface area contributed by atoms with Crippen molar-refractivity contribution in [2.75, 3.05) is 0 Å². The van der Waals surface area contributed by atoms with Crippen LogP contribution in [-0.4, -0.2) is 5.97 Å². The number of rotatable bonds is 2. The van der Waals surface area contributed by atoms with Crippen molar-refractivity contribution in [3.05, 3.63) is 28.2 Å². The maximum Gasteiger partial charge on any atom is 0.308 e. The lowest BCUT2D eigenvalue weighted by Crippen LogP contribution is -2.04. The standard InChI is InChI=1S/C11H13BrO2/c1-7(2)10-6-9(12)4-5-11(10)14-8(3)13/h4-7H,1-3H3. The molecule has 0 saturated heterocycles. The Bertz CT molecular complexity index is 345. The van der Waals surface area contributed by atoms with Gasteiger partial charge in [0.2, 0.25) is 0 Å². The fraction of sp³-hybridized carbons (Fsp3) is 0.364. The Morgan fingerprint density at radius 3 is 2.57 bits per heavy atom. The molecule has 0 fully saturated rings. The lowest BCUT2D eigenvalue weighted by atomic mass is 10.0. The minimum atomic E-state index is -0.283. The number of benzene rings is 1. The summed E-state index contributed by atoms with van der Waals surface area (Å²) < 4.78 is 6.10. The first-order valence-corrected chi connectivity index (χ1v) is 5.28. The van der Waals surface area contributed by atoms with E-state index in [0.717, 1.165) is 10.0 Å². The molecular formula is C11H13BrO2. The largest absolute Gasteiger partial charge is 0.426 e. The van der Waals surface area contributed by atoms with Crippen LogP contribution in [0.4, 0.5) is 0 Å². The first-order chi connectivity index (χ1) is 6.50. The molecule has 1 aromatic carbocycles. The molecule has 0 atom stereocenters. The second-order valence-corrected chi connectivity index (χ2v) is 4.35. The molecule has 76 valence electrons. The number of hydrogen-bond acceptors (Lipinski definition) is 2. The summed E-state index contributed by atoms with van der Waals surface area (Å²) in [5.74, 6) is 0.701. The third-order valence-corrected chi connectivity index (χ3v) is 2.34. The Hall–Kier alpha value is -0.830. The van der Waals surface area contributed by atoms with Crippen molar-refractivity contribution in [3.63, 3.8) is 0 Å². The summed E-state index contributed by atoms with van der Waals surface area (Å²) in [5.41, 5.74) is 1.04. The van der Waals surface area contributed by atoms with Gasteiger partial charge in [0.15, 0.2) is 0 Å². The number of hydrogen-bond donors (Lipinski definition) is 0. The van der Waals surface area contributed by atoms with Crippen LogP contribution in [0.15, 0.2) is 22.7 Å². The van der Waals surface area contributed by atoms with Gasteiger partial charge in [-0.25, -0.2) is 0 Å². The molecule has 0 saturated carbocycles. The lowest BCUT2D eigenvalue weighted by molar-refractivity contribution is -0.131. The molecule has 1 aromatic rings. The van der Waals surface area contributed by atoms with Gasteiger partial charge in [0, 0.05) is 11.4 Å². The number of halogens is 1. The molecule has 1 rings (SSSR count). The number of esters is 1. The smallest absolute Gasteiger partial charge is 0.308 e. The van der Waals surface area contributed by atoms with Gasteiger partial charge in [0.05, 0.1) is 0 Å². The average Bonchev–Trinajstić information content (AvgIpc) is 2.07. The van der Waals surface area contributed by atoms with Gasteiger partial charge in [-0.2, -0.15) is 0 Å². The third-order valence-electron chi connectivity index (χ3n) is 1.85. The molecular weight excluding hydrogens is 244 g/mol. The Balaban J connectivity index is 3.08. The first kappa shape index (κ1) is 11.2. The van der Waals surface area contributed by atoms with Crippen LogP contribution in [0.5, 0.6) is 5.75 Å². The van der Waals surface area contributed by atoms with Crippen LogP contribution in [0.1, 0.15) is 32.3 Å². The summed E-state index contributed by atoms with van der Waals surface area (Å²) in [6.45, 7) is 5.54. The zero-order chi connectivity index (χ0) is 10.7. The Morgan fingerprint density at radius 1 is 1.43 bits per heavy atom. The van der Waals surface area contributed by atoms with Crippen LogP contribution in [0, 0.1) is 0 Å². The highest BCUT2D eigenvalue weighted by atomic mass is 79.9. The summed E-state index contributed by atoms with van der Waals surface area (Å²) in [6, 6.07) is 5.65. The van der Waals surface area contributed by atoms with Gasteiger partial charge in [0.25, 0.3) is 0 Å². The van der Waals surface area contributed by atoms with Gasteiger partial charge >= 0.3 is 5.97 Å². The van der Waals surface area contributed by atoms with Crippen molar-refractivity contribution in [1.82, 2.24) is 0 Å². The van der Waals surface area contributed by atoms with Gasteiger partial charge in [-0.05, 0) is 29.7 Å². The molecule has 0 aliphatic rings. The predicted octanol–water partition coefficient (Wildman–Crippen LogP) is 3.50. The van der Waals surface area contributed by atoms with Crippen LogP contribution in [-0.2, 0) is 4.79 Å². The van der Waals surface area contributed by atoms with Crippen molar-refractivity contribution in [1.29, 1.82) is 0 Å². The molecule has 0 bridgehead atoms. The highest BCUT2D eigenvalue weighted by molar-refractivity contribution is 9.10. The van der Waals surface area contributed by atoms with E-state index in [1.807, 2.05) is 12.1 Å². The Kier molecular flexibility index (Phi) is 3.69. The minimum Gasteiger partial charge on any atom is -0.426 e. The summed E-state index contributed by atoms with van der Waals surface area (Å²) >= 11 is 3.39. The second-order valence-electron chi connectivity index (χ2n) is 3.43. The van der Waals surface area contributed by atoms with Gasteiger partial charge in [-0.3, -0.25) is 4.79 Å². The second kappa shape index (κ2) is 4.60. The Morgan fingerprint density at radius 2 is 2.07 bits per heavy atom. The van der Waals surface area contributed by atoms with Crippen molar-refractivity contribution in [3.8, 4) is 5.75 Å². The van der Waals surface area contributed by atoms with Crippen molar-refractivity contribution in [2.24, 2.45) is 0 Å². The van der Waals surface area contributed by atoms with E-state index in [1.165, 1.54) is 6.92 Å². The molecule has 0 aliphatic heterocycles. The molecule has 0 spiro atoms. The molecule has 0 aliphatic carbocycles. The maximum absolute atomic E-state index is 10.8. The normalized spacial score (nSPS) is 10.4. The quantitative estimate of drug-likeness (QED) is 0.598. The van der Waals surface area contributed by atoms with E-state index < -0.39 is 0 Å². The van der Waals surface area contributed by atoms with E-state index in [4.69, 9.17) is 4.74 Å². The molecule has 0 N–H and O–H groups in total. The highest BCUT2D eigenvalue weighted by Gasteiger charge is 2.09. The summed E-state index contributed by atoms with van der Waals surface area (Å²) in [7, 11) is 0. The number of carbonyl (C=O) groups excluding carboxylic acids is 1. The van der Waals surface area contributed by atoms with Crippen LogP contribution in [0.3, 0.4) is 0 Å². The van der Waals surface area contributed by atoms with Gasteiger partial charge in [0.1, 0.15) is 5.75 Å². The van der Waals surface area contributed by atoms with E-state index in [9.17, 15) is 4.79 Å². The maximum atomic E-state index is 10.8. The van der Waals surface area contributed by atoms with Crippen molar-refractivity contribution >= 4 is 21.9 Å². The number of carbonyl (C=O) groups is 1. The van der Waals surface area contributed by atoms with E-state index >= 15 is 0 Å². The SMILES string of the molecule is CC(=O)Oc1ccc(Br)cc1C(C)C. The first-order valence-electron chi connectivity index (χ1n) is 4.48. The fourth-order valence-electron chi connectivity index (χ4n) is 1.22. The van der Waals surface area contributed by atoms with Crippen molar-refractivity contribution in [2.45, 2.75) is 26.7 Å². The van der Waals surface area contributed by atoms with Gasteiger partial charge in [-0.1, -0.05) is 29.8 Å². The van der Waals surface area contributed by atoms with Crippen LogP contribution in [0.2, 0.25) is 0 Å². The summed E-state index contributed by atoms with van der Waals surface area (Å²) in [6.07, 6.45) is 0. The lowest BCUT2D eigenvalue weighted by Gasteiger charge is -2.12. The van der Waals surface area contributed by atoms with Gasteiger partial charge < -0.3 is 4.74 Å². The third kappa shape index (κ3) is 2.84. The monoisotopic (exact) mass is 256 g/mol.